The molecule has 0 spiro atoms. The van der Waals surface area contributed by atoms with E-state index in [4.69, 9.17) is 19.8 Å². The summed E-state index contributed by atoms with van der Waals surface area (Å²) in [7, 11) is 3.97. The molecule has 3 N–H and O–H groups in total. The van der Waals surface area contributed by atoms with Crippen molar-refractivity contribution in [3.8, 4) is 0 Å². The number of hydrogen-bond acceptors (Lipinski definition) is 4. The summed E-state index contributed by atoms with van der Waals surface area (Å²) >= 11 is 0. The van der Waals surface area contributed by atoms with Crippen molar-refractivity contribution in [2.75, 3.05) is 7.05 Å². The van der Waals surface area contributed by atoms with Gasteiger partial charge in [0.1, 0.15) is 5.82 Å². The Bertz CT molecular complexity index is 746. The van der Waals surface area contributed by atoms with Crippen molar-refractivity contribution in [1.29, 1.82) is 0 Å². The first-order valence-corrected chi connectivity index (χ1v) is 6.87. The molecule has 1 aromatic heterocycles. The van der Waals surface area contributed by atoms with Gasteiger partial charge < -0.3 is 20.1 Å². The molecule has 0 radical (unpaired) electrons. The monoisotopic (exact) mass is 403 g/mol. The number of para-hydroxylation sites is 2. The quantitative estimate of drug-likeness (QED) is 0.666. The largest absolute Gasteiger partial charge is 0.490 e. The average Bonchev–Trinajstić information content (AvgIpc) is 2.84. The third kappa shape index (κ3) is 8.40. The smallest absolute Gasteiger partial charge is 0.475 e. The number of fused-ring (bicyclic) bond motifs is 1. The first-order valence-electron chi connectivity index (χ1n) is 6.87. The lowest BCUT2D eigenvalue weighted by Crippen LogP contribution is -2.21. The van der Waals surface area contributed by atoms with Crippen molar-refractivity contribution in [3.63, 3.8) is 0 Å². The summed E-state index contributed by atoms with van der Waals surface area (Å²) in [4.78, 5) is 22.3. The highest BCUT2D eigenvalue weighted by atomic mass is 19.4. The Morgan fingerprint density at radius 1 is 1.04 bits per heavy atom. The number of rotatable bonds is 2. The Kier molecular flexibility index (Phi) is 8.73. The van der Waals surface area contributed by atoms with Crippen LogP contribution in [-0.2, 0) is 23.2 Å². The maximum atomic E-state index is 10.6. The number of aryl methyl sites for hydroxylation is 1. The van der Waals surface area contributed by atoms with Crippen LogP contribution in [0.25, 0.3) is 11.0 Å². The van der Waals surface area contributed by atoms with Gasteiger partial charge in [-0.3, -0.25) is 0 Å². The SMILES string of the molecule is CNCc1nc2ccccc2n1C.O=C(O)C(F)(F)F.O=C(O)C(F)(F)F. The van der Waals surface area contributed by atoms with Crippen molar-refractivity contribution in [3.05, 3.63) is 30.1 Å². The van der Waals surface area contributed by atoms with E-state index < -0.39 is 24.3 Å². The lowest BCUT2D eigenvalue weighted by Gasteiger charge is -1.99. The summed E-state index contributed by atoms with van der Waals surface area (Å²) < 4.78 is 65.6. The maximum Gasteiger partial charge on any atom is 0.490 e. The van der Waals surface area contributed by atoms with Crippen LogP contribution in [0.2, 0.25) is 0 Å². The van der Waals surface area contributed by atoms with Gasteiger partial charge in [-0.05, 0) is 19.2 Å². The van der Waals surface area contributed by atoms with E-state index in [9.17, 15) is 26.3 Å². The third-order valence-electron chi connectivity index (χ3n) is 2.70. The van der Waals surface area contributed by atoms with Gasteiger partial charge in [0.25, 0.3) is 0 Å². The molecular weight excluding hydrogens is 388 g/mol. The Balaban J connectivity index is 0.000000416. The van der Waals surface area contributed by atoms with Crippen molar-refractivity contribution in [2.24, 2.45) is 7.05 Å². The first-order chi connectivity index (χ1) is 12.2. The van der Waals surface area contributed by atoms with E-state index in [-0.39, 0.29) is 0 Å². The summed E-state index contributed by atoms with van der Waals surface area (Å²) in [5.74, 6) is -4.44. The van der Waals surface area contributed by atoms with Crippen molar-refractivity contribution >= 4 is 23.0 Å². The minimum absolute atomic E-state index is 0.811. The molecule has 27 heavy (non-hydrogen) atoms. The molecule has 0 bridgehead atoms. The van der Waals surface area contributed by atoms with E-state index in [0.717, 1.165) is 17.9 Å². The molecule has 0 saturated carbocycles. The van der Waals surface area contributed by atoms with E-state index >= 15 is 0 Å². The number of imidazole rings is 1. The fourth-order valence-electron chi connectivity index (χ4n) is 1.51. The van der Waals surface area contributed by atoms with Crippen LogP contribution in [0.4, 0.5) is 26.3 Å². The normalized spacial score (nSPS) is 11.1. The molecule has 1 heterocycles. The predicted molar refractivity (Wildman–Crippen MR) is 80.9 cm³/mol. The molecule has 0 aliphatic rings. The third-order valence-corrected chi connectivity index (χ3v) is 2.70. The second kappa shape index (κ2) is 9.75. The highest BCUT2D eigenvalue weighted by Gasteiger charge is 2.38. The van der Waals surface area contributed by atoms with Gasteiger partial charge in [0.15, 0.2) is 0 Å². The number of alkyl halides is 6. The average molecular weight is 403 g/mol. The standard InChI is InChI=1S/C10H13N3.2C2HF3O2/c1-11-7-10-12-8-5-3-4-6-9(8)13(10)2;2*3-2(4,5)1(6)7/h3-6,11H,7H2,1-2H3;2*(H,6,7). The molecule has 2 aromatic rings. The molecule has 13 heteroatoms. The molecule has 2 rings (SSSR count). The molecular formula is C14H15F6N3O4. The fraction of sp³-hybridized carbons (Fsp3) is 0.357. The zero-order valence-corrected chi connectivity index (χ0v) is 13.9. The molecule has 0 aliphatic carbocycles. The van der Waals surface area contributed by atoms with Crippen LogP contribution < -0.4 is 5.32 Å². The van der Waals surface area contributed by atoms with Gasteiger partial charge in [0.05, 0.1) is 17.6 Å². The first kappa shape index (κ1) is 24.2. The number of nitrogens with zero attached hydrogens (tertiary/aromatic N) is 2. The van der Waals surface area contributed by atoms with Crippen LogP contribution >= 0.6 is 0 Å². The van der Waals surface area contributed by atoms with Gasteiger partial charge in [-0.15, -0.1) is 0 Å². The van der Waals surface area contributed by atoms with Crippen LogP contribution in [0.1, 0.15) is 5.82 Å². The number of nitrogens with one attached hydrogen (secondary N) is 1. The summed E-state index contributed by atoms with van der Waals surface area (Å²) in [5.41, 5.74) is 2.25. The molecule has 0 fully saturated rings. The van der Waals surface area contributed by atoms with E-state index in [0.29, 0.717) is 0 Å². The highest BCUT2D eigenvalue weighted by molar-refractivity contribution is 5.75. The van der Waals surface area contributed by atoms with E-state index in [1.54, 1.807) is 0 Å². The number of aromatic nitrogens is 2. The van der Waals surface area contributed by atoms with Gasteiger partial charge in [-0.25, -0.2) is 14.6 Å². The molecule has 1 aromatic carbocycles. The number of carboxylic acid groups (broad SMARTS) is 2. The summed E-state index contributed by atoms with van der Waals surface area (Å²) in [6.45, 7) is 0.811. The molecule has 0 saturated heterocycles. The van der Waals surface area contributed by atoms with Gasteiger partial charge in [-0.2, -0.15) is 26.3 Å². The van der Waals surface area contributed by atoms with Crippen molar-refractivity contribution in [2.45, 2.75) is 18.9 Å². The minimum Gasteiger partial charge on any atom is -0.475 e. The molecule has 0 unspecified atom stereocenters. The molecule has 0 atom stereocenters. The number of halogens is 6. The molecule has 7 nitrogen and oxygen atoms in total. The lowest BCUT2D eigenvalue weighted by atomic mass is 10.3. The Hall–Kier alpha value is -2.83. The lowest BCUT2D eigenvalue weighted by molar-refractivity contribution is -0.193. The van der Waals surface area contributed by atoms with Crippen LogP contribution in [-0.4, -0.2) is 51.1 Å². The second-order valence-corrected chi connectivity index (χ2v) is 4.71. The van der Waals surface area contributed by atoms with Gasteiger partial charge >= 0.3 is 24.3 Å². The Labute approximate surface area is 148 Å². The molecule has 152 valence electrons. The Morgan fingerprint density at radius 2 is 1.44 bits per heavy atom. The topological polar surface area (TPSA) is 104 Å². The number of hydrogen-bond donors (Lipinski definition) is 3. The number of carbonyl (C=O) groups is 2. The molecule has 0 amide bonds. The second-order valence-electron chi connectivity index (χ2n) is 4.71. The van der Waals surface area contributed by atoms with Crippen molar-refractivity contribution in [1.82, 2.24) is 14.9 Å². The number of benzene rings is 1. The zero-order valence-electron chi connectivity index (χ0n) is 13.9. The van der Waals surface area contributed by atoms with E-state index in [1.807, 2.05) is 32.3 Å². The van der Waals surface area contributed by atoms with Gasteiger partial charge in [0, 0.05) is 7.05 Å². The van der Waals surface area contributed by atoms with Gasteiger partial charge in [0.2, 0.25) is 0 Å². The highest BCUT2D eigenvalue weighted by Crippen LogP contribution is 2.14. The maximum absolute atomic E-state index is 10.6. The van der Waals surface area contributed by atoms with E-state index in [1.165, 1.54) is 5.52 Å². The summed E-state index contributed by atoms with van der Waals surface area (Å²) in [5, 5.41) is 17.4. The van der Waals surface area contributed by atoms with Gasteiger partial charge in [-0.1, -0.05) is 12.1 Å². The molecule has 0 aliphatic heterocycles. The van der Waals surface area contributed by atoms with Crippen LogP contribution in [0.3, 0.4) is 0 Å². The zero-order chi connectivity index (χ0) is 21.4. The van der Waals surface area contributed by atoms with Crippen LogP contribution in [0.5, 0.6) is 0 Å². The van der Waals surface area contributed by atoms with Crippen LogP contribution in [0.15, 0.2) is 24.3 Å². The number of aliphatic carboxylic acids is 2. The predicted octanol–water partition coefficient (Wildman–Crippen LogP) is 2.56. The Morgan fingerprint density at radius 3 is 1.78 bits per heavy atom. The summed E-state index contributed by atoms with van der Waals surface area (Å²) in [6, 6.07) is 8.17. The van der Waals surface area contributed by atoms with E-state index in [2.05, 4.69) is 20.9 Å². The minimum atomic E-state index is -5.08. The van der Waals surface area contributed by atoms with Crippen molar-refractivity contribution < 1.29 is 46.1 Å². The fourth-order valence-corrected chi connectivity index (χ4v) is 1.51. The number of carboxylic acids is 2. The van der Waals surface area contributed by atoms with Crippen LogP contribution in [0, 0.1) is 0 Å². The summed E-state index contributed by atoms with van der Waals surface area (Å²) in [6.07, 6.45) is -10.2.